The zero-order valence-corrected chi connectivity index (χ0v) is 20.3. The van der Waals surface area contributed by atoms with Crippen LogP contribution in [0.15, 0.2) is 52.5 Å². The summed E-state index contributed by atoms with van der Waals surface area (Å²) in [5.41, 5.74) is 2.18. The first-order chi connectivity index (χ1) is 15.2. The molecule has 0 saturated carbocycles. The maximum Gasteiger partial charge on any atom is 0.295 e. The first-order valence-electron chi connectivity index (χ1n) is 10.5. The van der Waals surface area contributed by atoms with Gasteiger partial charge in [-0.25, -0.2) is 0 Å². The quantitative estimate of drug-likeness (QED) is 0.317. The predicted molar refractivity (Wildman–Crippen MR) is 127 cm³/mol. The number of ketones is 1. The van der Waals surface area contributed by atoms with Crippen LogP contribution in [-0.4, -0.2) is 48.6 Å². The molecule has 7 heteroatoms. The number of nitrogens with zero attached hydrogens (tertiary/aromatic N) is 1. The number of halogens is 1. The molecule has 0 bridgehead atoms. The number of benzene rings is 2. The van der Waals surface area contributed by atoms with Crippen LogP contribution in [0.4, 0.5) is 0 Å². The van der Waals surface area contributed by atoms with Crippen molar-refractivity contribution in [2.45, 2.75) is 26.8 Å². The Balaban J connectivity index is 2.06. The summed E-state index contributed by atoms with van der Waals surface area (Å²) in [5, 5.41) is 11.1. The molecule has 1 unspecified atom stereocenters. The van der Waals surface area contributed by atoms with Crippen LogP contribution in [0.1, 0.15) is 36.6 Å². The van der Waals surface area contributed by atoms with Crippen LogP contribution < -0.4 is 4.74 Å². The summed E-state index contributed by atoms with van der Waals surface area (Å²) in [5.74, 6) is -0.444. The number of likely N-dealkylation sites (tertiary alicyclic amines) is 1. The first kappa shape index (κ1) is 24.0. The lowest BCUT2D eigenvalue weighted by molar-refractivity contribution is -0.140. The van der Waals surface area contributed by atoms with Crippen molar-refractivity contribution in [3.63, 3.8) is 0 Å². The van der Waals surface area contributed by atoms with Gasteiger partial charge in [0.15, 0.2) is 0 Å². The fraction of sp³-hybridized carbons (Fsp3) is 0.360. The van der Waals surface area contributed by atoms with Gasteiger partial charge in [-0.3, -0.25) is 9.59 Å². The molecule has 1 N–H and O–H groups in total. The average molecular weight is 502 g/mol. The third-order valence-electron chi connectivity index (χ3n) is 5.29. The Morgan fingerprint density at radius 2 is 1.84 bits per heavy atom. The van der Waals surface area contributed by atoms with Gasteiger partial charge in [-0.2, -0.15) is 0 Å². The van der Waals surface area contributed by atoms with E-state index in [9.17, 15) is 14.7 Å². The van der Waals surface area contributed by atoms with Crippen molar-refractivity contribution >= 4 is 33.4 Å². The van der Waals surface area contributed by atoms with Crippen molar-refractivity contribution < 1.29 is 24.2 Å². The minimum atomic E-state index is -0.715. The van der Waals surface area contributed by atoms with Gasteiger partial charge in [-0.1, -0.05) is 48.0 Å². The molecule has 0 aromatic heterocycles. The van der Waals surface area contributed by atoms with Crippen LogP contribution in [0.5, 0.6) is 5.75 Å². The number of aliphatic hydroxyl groups excluding tert-OH is 1. The van der Waals surface area contributed by atoms with Crippen LogP contribution >= 0.6 is 15.9 Å². The van der Waals surface area contributed by atoms with E-state index in [2.05, 4.69) is 29.8 Å². The third kappa shape index (κ3) is 5.05. The Kier molecular flexibility index (Phi) is 7.74. The molecule has 2 aromatic rings. The fourth-order valence-corrected chi connectivity index (χ4v) is 3.85. The second-order valence-corrected chi connectivity index (χ2v) is 9.08. The summed E-state index contributed by atoms with van der Waals surface area (Å²) >= 11 is 3.45. The van der Waals surface area contributed by atoms with Crippen molar-refractivity contribution in [3.8, 4) is 5.75 Å². The Morgan fingerprint density at radius 3 is 2.44 bits per heavy atom. The van der Waals surface area contributed by atoms with Gasteiger partial charge < -0.3 is 19.5 Å². The number of carbonyl (C=O) groups excluding carboxylic acids is 2. The van der Waals surface area contributed by atoms with Crippen LogP contribution in [-0.2, 0) is 14.3 Å². The standard InChI is InChI=1S/C25H28BrNO5/c1-15(2)14-32-19-8-5-17(6-9-19)22-21(24(29)25(30)27(22)11-12-31-4)23(28)18-7-10-20(26)16(3)13-18/h5-10,13,15,22,28H,11-12,14H2,1-4H3/b23-21-. The zero-order chi connectivity index (χ0) is 23.4. The predicted octanol–water partition coefficient (Wildman–Crippen LogP) is 4.86. The van der Waals surface area contributed by atoms with E-state index in [-0.39, 0.29) is 24.5 Å². The molecule has 1 fully saturated rings. The second-order valence-electron chi connectivity index (χ2n) is 8.22. The number of hydrogen-bond acceptors (Lipinski definition) is 5. The molecule has 32 heavy (non-hydrogen) atoms. The van der Waals surface area contributed by atoms with Crippen molar-refractivity contribution in [3.05, 3.63) is 69.2 Å². The number of aliphatic hydroxyl groups is 1. The Morgan fingerprint density at radius 1 is 1.16 bits per heavy atom. The molecule has 0 radical (unpaired) electrons. The van der Waals surface area contributed by atoms with E-state index in [0.29, 0.717) is 29.4 Å². The molecule has 1 aliphatic heterocycles. The summed E-state index contributed by atoms with van der Waals surface area (Å²) in [4.78, 5) is 27.3. The highest BCUT2D eigenvalue weighted by molar-refractivity contribution is 9.10. The fourth-order valence-electron chi connectivity index (χ4n) is 3.60. The molecule has 0 spiro atoms. The minimum absolute atomic E-state index is 0.0728. The molecule has 1 heterocycles. The molecule has 1 amide bonds. The largest absolute Gasteiger partial charge is 0.507 e. The van der Waals surface area contributed by atoms with Gasteiger partial charge >= 0.3 is 0 Å². The summed E-state index contributed by atoms with van der Waals surface area (Å²) in [6, 6.07) is 11.9. The average Bonchev–Trinajstić information content (AvgIpc) is 3.02. The lowest BCUT2D eigenvalue weighted by Crippen LogP contribution is -2.32. The molecular formula is C25H28BrNO5. The molecule has 1 atom stereocenters. The number of aryl methyl sites for hydroxylation is 1. The van der Waals surface area contributed by atoms with Gasteiger partial charge in [0.05, 0.1) is 24.8 Å². The van der Waals surface area contributed by atoms with Gasteiger partial charge in [0.25, 0.3) is 11.7 Å². The first-order valence-corrected chi connectivity index (χ1v) is 11.3. The van der Waals surface area contributed by atoms with Crippen LogP contribution in [0, 0.1) is 12.8 Å². The van der Waals surface area contributed by atoms with Crippen LogP contribution in [0.3, 0.4) is 0 Å². The number of carbonyl (C=O) groups is 2. The smallest absolute Gasteiger partial charge is 0.295 e. The summed E-state index contributed by atoms with van der Waals surface area (Å²) in [6.45, 7) is 7.13. The van der Waals surface area contributed by atoms with E-state index in [4.69, 9.17) is 9.47 Å². The SMILES string of the molecule is COCCN1C(=O)C(=O)/C(=C(\O)c2ccc(Br)c(C)c2)C1c1ccc(OCC(C)C)cc1. The molecule has 3 rings (SSSR count). The van der Waals surface area contributed by atoms with Crippen molar-refractivity contribution in [2.24, 2.45) is 5.92 Å². The van der Waals surface area contributed by atoms with Crippen molar-refractivity contribution in [1.29, 1.82) is 0 Å². The number of methoxy groups -OCH3 is 1. The topological polar surface area (TPSA) is 76.1 Å². The van der Waals surface area contributed by atoms with Gasteiger partial charge in [0.1, 0.15) is 11.5 Å². The monoisotopic (exact) mass is 501 g/mol. The Labute approximate surface area is 197 Å². The van der Waals surface area contributed by atoms with Crippen molar-refractivity contribution in [1.82, 2.24) is 4.90 Å². The van der Waals surface area contributed by atoms with Crippen molar-refractivity contribution in [2.75, 3.05) is 26.9 Å². The molecule has 170 valence electrons. The molecule has 0 aliphatic carbocycles. The van der Waals surface area contributed by atoms with E-state index < -0.39 is 17.7 Å². The van der Waals surface area contributed by atoms with Gasteiger partial charge in [-0.15, -0.1) is 0 Å². The molecule has 6 nitrogen and oxygen atoms in total. The van der Waals surface area contributed by atoms with E-state index in [1.54, 1.807) is 18.2 Å². The molecular weight excluding hydrogens is 474 g/mol. The molecule has 1 saturated heterocycles. The summed E-state index contributed by atoms with van der Waals surface area (Å²) in [7, 11) is 1.54. The minimum Gasteiger partial charge on any atom is -0.507 e. The normalized spacial score (nSPS) is 17.9. The van der Waals surface area contributed by atoms with Gasteiger partial charge in [-0.05, 0) is 48.2 Å². The van der Waals surface area contributed by atoms with E-state index >= 15 is 0 Å². The van der Waals surface area contributed by atoms with E-state index in [1.165, 1.54) is 12.0 Å². The highest BCUT2D eigenvalue weighted by Gasteiger charge is 2.45. The Hall–Kier alpha value is -2.64. The number of amides is 1. The highest BCUT2D eigenvalue weighted by Crippen LogP contribution is 2.40. The van der Waals surface area contributed by atoms with E-state index in [0.717, 1.165) is 10.0 Å². The van der Waals surface area contributed by atoms with Gasteiger partial charge in [0.2, 0.25) is 0 Å². The van der Waals surface area contributed by atoms with Crippen LogP contribution in [0.25, 0.3) is 5.76 Å². The number of hydrogen-bond donors (Lipinski definition) is 1. The third-order valence-corrected chi connectivity index (χ3v) is 6.18. The van der Waals surface area contributed by atoms with E-state index in [1.807, 2.05) is 31.2 Å². The number of ether oxygens (including phenoxy) is 2. The molecule has 1 aliphatic rings. The highest BCUT2D eigenvalue weighted by atomic mass is 79.9. The summed E-state index contributed by atoms with van der Waals surface area (Å²) in [6.07, 6.45) is 0. The Bertz CT molecular complexity index is 1030. The number of rotatable bonds is 8. The molecule has 2 aromatic carbocycles. The van der Waals surface area contributed by atoms with Crippen LogP contribution in [0.2, 0.25) is 0 Å². The lowest BCUT2D eigenvalue weighted by atomic mass is 9.95. The second kappa shape index (κ2) is 10.3. The number of Topliss-reactive ketones (excluding diaryl/α,β-unsaturated/α-hetero) is 1. The maximum atomic E-state index is 13.0. The summed E-state index contributed by atoms with van der Waals surface area (Å²) < 4.78 is 11.8. The lowest BCUT2D eigenvalue weighted by Gasteiger charge is -2.25. The zero-order valence-electron chi connectivity index (χ0n) is 18.7. The van der Waals surface area contributed by atoms with Gasteiger partial charge in [0, 0.05) is 23.7 Å². The maximum absolute atomic E-state index is 13.0.